The smallest absolute Gasteiger partial charge is 0.277 e. The maximum atomic E-state index is 11.7. The van der Waals surface area contributed by atoms with Gasteiger partial charge in [-0.2, -0.15) is 5.10 Å². The van der Waals surface area contributed by atoms with E-state index in [1.165, 1.54) is 6.21 Å². The zero-order valence-corrected chi connectivity index (χ0v) is 16.1. The van der Waals surface area contributed by atoms with Gasteiger partial charge in [0, 0.05) is 10.6 Å². The Bertz CT molecular complexity index is 986. The number of hydrazone groups is 1. The lowest BCUT2D eigenvalue weighted by Gasteiger charge is -2.04. The van der Waals surface area contributed by atoms with Gasteiger partial charge in [-0.15, -0.1) is 0 Å². The lowest BCUT2D eigenvalue weighted by Crippen LogP contribution is -2.24. The fourth-order valence-corrected chi connectivity index (χ4v) is 2.61. The molecule has 0 radical (unpaired) electrons. The number of hydrogen-bond acceptors (Lipinski definition) is 4. The number of amides is 1. The molecule has 5 nitrogen and oxygen atoms in total. The predicted molar refractivity (Wildman–Crippen MR) is 107 cm³/mol. The molecule has 0 spiro atoms. The number of furan rings is 1. The zero-order valence-electron chi connectivity index (χ0n) is 13.8. The van der Waals surface area contributed by atoms with Crippen LogP contribution in [0.25, 0.3) is 11.3 Å². The molecule has 2 aromatic carbocycles. The first-order valence-corrected chi connectivity index (χ1v) is 8.90. The highest BCUT2D eigenvalue weighted by Gasteiger charge is 2.07. The van der Waals surface area contributed by atoms with Crippen LogP contribution in [-0.4, -0.2) is 18.7 Å². The van der Waals surface area contributed by atoms with Gasteiger partial charge >= 0.3 is 0 Å². The Morgan fingerprint density at radius 1 is 1.07 bits per heavy atom. The Kier molecular flexibility index (Phi) is 6.40. The summed E-state index contributed by atoms with van der Waals surface area (Å²) in [4.78, 5) is 11.7. The average molecular weight is 424 g/mol. The molecule has 0 aliphatic carbocycles. The first-order chi connectivity index (χ1) is 13.0. The van der Waals surface area contributed by atoms with Crippen LogP contribution in [-0.2, 0) is 4.79 Å². The van der Waals surface area contributed by atoms with E-state index in [2.05, 4.69) is 10.5 Å². The number of nitrogens with one attached hydrogen (secondary N) is 1. The summed E-state index contributed by atoms with van der Waals surface area (Å²) in [7, 11) is 0. The molecular weight excluding hydrogens is 411 g/mol. The van der Waals surface area contributed by atoms with E-state index < -0.39 is 5.91 Å². The van der Waals surface area contributed by atoms with Crippen LogP contribution in [0.4, 0.5) is 0 Å². The fraction of sp³-hybridized carbons (Fsp3) is 0.0526. The number of hydrogen-bond donors (Lipinski definition) is 1. The second kappa shape index (κ2) is 8.95. The monoisotopic (exact) mass is 422 g/mol. The Morgan fingerprint density at radius 3 is 2.70 bits per heavy atom. The van der Waals surface area contributed by atoms with Crippen molar-refractivity contribution in [3.63, 3.8) is 0 Å². The molecule has 138 valence electrons. The van der Waals surface area contributed by atoms with Gasteiger partial charge in [0.05, 0.1) is 16.3 Å². The van der Waals surface area contributed by atoms with Gasteiger partial charge in [0.2, 0.25) is 0 Å². The Balaban J connectivity index is 1.53. The molecule has 0 aliphatic rings. The summed E-state index contributed by atoms with van der Waals surface area (Å²) in [6, 6.07) is 15.4. The van der Waals surface area contributed by atoms with E-state index in [-0.39, 0.29) is 6.61 Å². The van der Waals surface area contributed by atoms with Crippen molar-refractivity contribution in [3.05, 3.63) is 75.4 Å². The van der Waals surface area contributed by atoms with Crippen molar-refractivity contribution in [2.75, 3.05) is 6.61 Å². The molecule has 0 aliphatic heterocycles. The second-order valence-electron chi connectivity index (χ2n) is 5.37. The zero-order chi connectivity index (χ0) is 19.2. The molecular formula is C19H13Cl3N2O3. The molecule has 1 heterocycles. The van der Waals surface area contributed by atoms with Gasteiger partial charge in [0.25, 0.3) is 5.91 Å². The first-order valence-electron chi connectivity index (χ1n) is 7.77. The molecule has 27 heavy (non-hydrogen) atoms. The quantitative estimate of drug-likeness (QED) is 0.424. The van der Waals surface area contributed by atoms with Crippen LogP contribution in [0.15, 0.2) is 64.1 Å². The van der Waals surface area contributed by atoms with Crippen molar-refractivity contribution in [1.82, 2.24) is 5.43 Å². The minimum Gasteiger partial charge on any atom is -0.484 e. The molecule has 0 unspecified atom stereocenters. The molecule has 1 N–H and O–H groups in total. The van der Waals surface area contributed by atoms with Crippen molar-refractivity contribution >= 4 is 46.9 Å². The van der Waals surface area contributed by atoms with Gasteiger partial charge in [-0.05, 0) is 48.5 Å². The number of carbonyl (C=O) groups is 1. The highest BCUT2D eigenvalue weighted by Crippen LogP contribution is 2.29. The van der Waals surface area contributed by atoms with E-state index in [0.29, 0.717) is 32.3 Å². The fourth-order valence-electron chi connectivity index (χ4n) is 2.13. The highest BCUT2D eigenvalue weighted by molar-refractivity contribution is 6.42. The van der Waals surface area contributed by atoms with Gasteiger partial charge in [-0.3, -0.25) is 4.79 Å². The predicted octanol–water partition coefficient (Wildman–Crippen LogP) is 5.44. The van der Waals surface area contributed by atoms with E-state index in [9.17, 15) is 4.79 Å². The topological polar surface area (TPSA) is 63.8 Å². The van der Waals surface area contributed by atoms with Gasteiger partial charge in [-0.1, -0.05) is 40.9 Å². The molecule has 3 aromatic rings. The van der Waals surface area contributed by atoms with Crippen LogP contribution in [0, 0.1) is 0 Å². The summed E-state index contributed by atoms with van der Waals surface area (Å²) in [5, 5.41) is 5.27. The molecule has 8 heteroatoms. The third-order valence-corrected chi connectivity index (χ3v) is 4.35. The third-order valence-electron chi connectivity index (χ3n) is 3.38. The van der Waals surface area contributed by atoms with E-state index in [1.54, 1.807) is 54.6 Å². The van der Waals surface area contributed by atoms with Gasteiger partial charge in [0.1, 0.15) is 17.3 Å². The number of halogens is 3. The number of benzene rings is 2. The van der Waals surface area contributed by atoms with Crippen molar-refractivity contribution < 1.29 is 13.9 Å². The van der Waals surface area contributed by atoms with Crippen LogP contribution in [0.3, 0.4) is 0 Å². The van der Waals surface area contributed by atoms with Crippen LogP contribution < -0.4 is 10.2 Å². The van der Waals surface area contributed by atoms with Crippen molar-refractivity contribution in [3.8, 4) is 17.1 Å². The minimum atomic E-state index is -0.414. The number of carbonyl (C=O) groups excluding carboxylic acids is 1. The molecule has 0 atom stereocenters. The Labute approximate surface area is 170 Å². The number of rotatable bonds is 6. The Morgan fingerprint density at radius 2 is 1.93 bits per heavy atom. The van der Waals surface area contributed by atoms with Crippen LogP contribution in [0.5, 0.6) is 5.75 Å². The van der Waals surface area contributed by atoms with Crippen LogP contribution >= 0.6 is 34.8 Å². The summed E-state index contributed by atoms with van der Waals surface area (Å²) >= 11 is 17.8. The normalized spacial score (nSPS) is 10.9. The molecule has 0 saturated heterocycles. The van der Waals surface area contributed by atoms with Gasteiger partial charge < -0.3 is 9.15 Å². The first kappa shape index (κ1) is 19.3. The molecule has 0 saturated carbocycles. The lowest BCUT2D eigenvalue weighted by atomic mass is 10.2. The van der Waals surface area contributed by atoms with Gasteiger partial charge in [0.15, 0.2) is 6.61 Å². The number of ether oxygens (including phenoxy) is 1. The lowest BCUT2D eigenvalue weighted by molar-refractivity contribution is -0.123. The summed E-state index contributed by atoms with van der Waals surface area (Å²) < 4.78 is 11.0. The third kappa shape index (κ3) is 5.50. The molecule has 3 rings (SSSR count). The maximum absolute atomic E-state index is 11.7. The average Bonchev–Trinajstić information content (AvgIpc) is 3.11. The summed E-state index contributed by atoms with van der Waals surface area (Å²) in [6.45, 7) is -0.190. The SMILES string of the molecule is O=C(COc1cccc(Cl)c1)NN=Cc1ccc(-c2ccc(Cl)c(Cl)c2)o1. The number of nitrogens with zero attached hydrogens (tertiary/aromatic N) is 1. The molecule has 0 fully saturated rings. The van der Waals surface area contributed by atoms with Gasteiger partial charge in [-0.25, -0.2) is 5.43 Å². The molecule has 1 amide bonds. The minimum absolute atomic E-state index is 0.190. The largest absolute Gasteiger partial charge is 0.484 e. The second-order valence-corrected chi connectivity index (χ2v) is 6.62. The van der Waals surface area contributed by atoms with E-state index in [4.69, 9.17) is 44.0 Å². The van der Waals surface area contributed by atoms with Crippen molar-refractivity contribution in [1.29, 1.82) is 0 Å². The summed E-state index contributed by atoms with van der Waals surface area (Å²) in [5.74, 6) is 1.15. The summed E-state index contributed by atoms with van der Waals surface area (Å²) in [6.07, 6.45) is 1.39. The summed E-state index contributed by atoms with van der Waals surface area (Å²) in [5.41, 5.74) is 3.14. The standard InChI is InChI=1S/C19H13Cl3N2O3/c20-13-2-1-3-14(9-13)26-11-19(25)24-23-10-15-5-7-18(27-15)12-4-6-16(21)17(22)8-12/h1-10H,11H2,(H,24,25). The molecule has 0 bridgehead atoms. The highest BCUT2D eigenvalue weighted by atomic mass is 35.5. The Hall–Kier alpha value is -2.47. The maximum Gasteiger partial charge on any atom is 0.277 e. The molecule has 1 aromatic heterocycles. The van der Waals surface area contributed by atoms with Crippen LogP contribution in [0.1, 0.15) is 5.76 Å². The van der Waals surface area contributed by atoms with Crippen LogP contribution in [0.2, 0.25) is 15.1 Å². The van der Waals surface area contributed by atoms with E-state index in [1.807, 2.05) is 0 Å². The van der Waals surface area contributed by atoms with Crippen molar-refractivity contribution in [2.45, 2.75) is 0 Å². The van der Waals surface area contributed by atoms with E-state index >= 15 is 0 Å². The van der Waals surface area contributed by atoms with Crippen molar-refractivity contribution in [2.24, 2.45) is 5.10 Å². The van der Waals surface area contributed by atoms with E-state index in [0.717, 1.165) is 5.56 Å².